The monoisotopic (exact) mass is 392 g/mol. The van der Waals surface area contributed by atoms with Gasteiger partial charge in [-0.25, -0.2) is 4.79 Å². The molecule has 2 rings (SSSR count). The first-order valence-corrected chi connectivity index (χ1v) is 7.14. The Hall–Kier alpha value is -1.73. The number of hydrogen-bond acceptors (Lipinski definition) is 1. The molecule has 0 radical (unpaired) electrons. The smallest absolute Gasteiger partial charge is 0.307 e. The molecule has 0 saturated carbocycles. The van der Waals surface area contributed by atoms with E-state index in [1.807, 2.05) is 0 Å². The summed E-state index contributed by atoms with van der Waals surface area (Å²) in [6, 6.07) is 9.07. The van der Waals surface area contributed by atoms with E-state index in [9.17, 15) is 18.0 Å². The lowest BCUT2D eigenvalue weighted by atomic mass is 10.1. The van der Waals surface area contributed by atoms with Gasteiger partial charge in [-0.1, -0.05) is 23.7 Å². The highest BCUT2D eigenvalue weighted by atomic mass is 79.9. The molecule has 8 heteroatoms. The van der Waals surface area contributed by atoms with Crippen molar-refractivity contribution in [1.29, 1.82) is 0 Å². The van der Waals surface area contributed by atoms with E-state index in [1.54, 1.807) is 24.3 Å². The topological polar surface area (TPSA) is 41.1 Å². The molecule has 2 N–H and O–H groups in total. The summed E-state index contributed by atoms with van der Waals surface area (Å²) in [5, 5.41) is 4.56. The van der Waals surface area contributed by atoms with Crippen molar-refractivity contribution in [3.63, 3.8) is 0 Å². The van der Waals surface area contributed by atoms with Crippen molar-refractivity contribution in [3.8, 4) is 0 Å². The minimum absolute atomic E-state index is 0.0657. The molecule has 116 valence electrons. The van der Waals surface area contributed by atoms with Gasteiger partial charge in [-0.2, -0.15) is 13.2 Å². The summed E-state index contributed by atoms with van der Waals surface area (Å²) in [5.74, 6) is 0. The quantitative estimate of drug-likeness (QED) is 0.668. The van der Waals surface area contributed by atoms with Crippen molar-refractivity contribution in [1.82, 2.24) is 0 Å². The Morgan fingerprint density at radius 3 is 2.32 bits per heavy atom. The van der Waals surface area contributed by atoms with Crippen molar-refractivity contribution in [2.24, 2.45) is 0 Å². The maximum absolute atomic E-state index is 12.9. The predicted octanol–water partition coefficient (Wildman–Crippen LogP) is 5.77. The summed E-state index contributed by atoms with van der Waals surface area (Å²) in [4.78, 5) is 11.9. The highest BCUT2D eigenvalue weighted by Gasteiger charge is 2.34. The van der Waals surface area contributed by atoms with Crippen molar-refractivity contribution >= 4 is 44.9 Å². The van der Waals surface area contributed by atoms with Crippen LogP contribution >= 0.6 is 27.5 Å². The molecule has 0 bridgehead atoms. The van der Waals surface area contributed by atoms with Crippen molar-refractivity contribution in [3.05, 3.63) is 57.5 Å². The molecule has 2 aromatic carbocycles. The Kier molecular flexibility index (Phi) is 4.97. The summed E-state index contributed by atoms with van der Waals surface area (Å²) in [7, 11) is 0. The first kappa shape index (κ1) is 16.6. The van der Waals surface area contributed by atoms with Gasteiger partial charge >= 0.3 is 12.2 Å². The molecule has 2 aromatic rings. The van der Waals surface area contributed by atoms with Crippen molar-refractivity contribution < 1.29 is 18.0 Å². The largest absolute Gasteiger partial charge is 0.418 e. The Labute approximate surface area is 137 Å². The van der Waals surface area contributed by atoms with Gasteiger partial charge in [0.25, 0.3) is 0 Å². The van der Waals surface area contributed by atoms with Gasteiger partial charge in [0.15, 0.2) is 0 Å². The Balaban J connectivity index is 2.21. The second-order valence-electron chi connectivity index (χ2n) is 4.25. The maximum Gasteiger partial charge on any atom is 0.418 e. The molecule has 3 nitrogen and oxygen atoms in total. The van der Waals surface area contributed by atoms with E-state index in [-0.39, 0.29) is 10.7 Å². The fraction of sp³-hybridized carbons (Fsp3) is 0.0714. The number of urea groups is 1. The van der Waals surface area contributed by atoms with Crippen LogP contribution in [0.2, 0.25) is 5.02 Å². The fourth-order valence-corrected chi connectivity index (χ4v) is 2.25. The average molecular weight is 394 g/mol. The second-order valence-corrected chi connectivity index (χ2v) is 5.54. The van der Waals surface area contributed by atoms with E-state index in [1.165, 1.54) is 6.07 Å². The number of hydrogen-bond donors (Lipinski definition) is 2. The highest BCUT2D eigenvalue weighted by Crippen LogP contribution is 2.36. The van der Waals surface area contributed by atoms with Gasteiger partial charge in [0.2, 0.25) is 0 Å². The van der Waals surface area contributed by atoms with Crippen molar-refractivity contribution in [2.45, 2.75) is 6.18 Å². The molecule has 0 aromatic heterocycles. The molecule has 0 aliphatic carbocycles. The Morgan fingerprint density at radius 2 is 1.68 bits per heavy atom. The second kappa shape index (κ2) is 6.58. The van der Waals surface area contributed by atoms with Gasteiger partial charge in [-0.3, -0.25) is 0 Å². The van der Waals surface area contributed by atoms with E-state index in [0.29, 0.717) is 10.2 Å². The van der Waals surface area contributed by atoms with Crippen LogP contribution in [0.4, 0.5) is 29.3 Å². The zero-order valence-corrected chi connectivity index (χ0v) is 13.2. The van der Waals surface area contributed by atoms with Crippen LogP contribution in [-0.4, -0.2) is 6.03 Å². The lowest BCUT2D eigenvalue weighted by molar-refractivity contribution is -0.136. The van der Waals surface area contributed by atoms with E-state index in [4.69, 9.17) is 11.6 Å². The fourth-order valence-electron chi connectivity index (χ4n) is 1.70. The molecule has 0 fully saturated rings. The zero-order valence-electron chi connectivity index (χ0n) is 10.8. The SMILES string of the molecule is O=C(Nc1ccccc1Br)Nc1ccc(Cl)cc1C(F)(F)F. The molecule has 22 heavy (non-hydrogen) atoms. The molecule has 0 heterocycles. The van der Waals surface area contributed by atoms with E-state index < -0.39 is 17.8 Å². The van der Waals surface area contributed by atoms with Crippen molar-refractivity contribution in [2.75, 3.05) is 10.6 Å². The molecule has 0 spiro atoms. The lowest BCUT2D eigenvalue weighted by Gasteiger charge is -2.15. The normalized spacial score (nSPS) is 11.1. The molecule has 0 aliphatic rings. The van der Waals surface area contributed by atoms with E-state index in [2.05, 4.69) is 26.6 Å². The van der Waals surface area contributed by atoms with Crippen LogP contribution in [0, 0.1) is 0 Å². The van der Waals surface area contributed by atoms with Crippen LogP contribution < -0.4 is 10.6 Å². The third-order valence-electron chi connectivity index (χ3n) is 2.66. The number of rotatable bonds is 2. The molecule has 2 amide bonds. The molecule has 0 saturated heterocycles. The molecule has 0 aliphatic heterocycles. The number of carbonyl (C=O) groups is 1. The first-order valence-electron chi connectivity index (χ1n) is 5.96. The third kappa shape index (κ3) is 4.14. The number of carbonyl (C=O) groups excluding carboxylic acids is 1. The summed E-state index contributed by atoms with van der Waals surface area (Å²) in [6.45, 7) is 0. The number of anilines is 2. The Morgan fingerprint density at radius 1 is 1.05 bits per heavy atom. The van der Waals surface area contributed by atoms with E-state index in [0.717, 1.165) is 12.1 Å². The van der Waals surface area contributed by atoms with Gasteiger partial charge in [0, 0.05) is 9.50 Å². The minimum atomic E-state index is -4.62. The predicted molar refractivity (Wildman–Crippen MR) is 83.2 cm³/mol. The molecular weight excluding hydrogens is 385 g/mol. The summed E-state index contributed by atoms with van der Waals surface area (Å²) in [5.41, 5.74) is -0.953. The van der Waals surface area contributed by atoms with Crippen LogP contribution in [0.1, 0.15) is 5.56 Å². The zero-order chi connectivity index (χ0) is 16.3. The van der Waals surface area contributed by atoms with Gasteiger partial charge in [0.1, 0.15) is 0 Å². The number of halogens is 5. The number of benzene rings is 2. The van der Waals surface area contributed by atoms with Crippen LogP contribution in [0.25, 0.3) is 0 Å². The van der Waals surface area contributed by atoms with Crippen LogP contribution in [0.5, 0.6) is 0 Å². The van der Waals surface area contributed by atoms with Gasteiger partial charge in [-0.05, 0) is 46.3 Å². The van der Waals surface area contributed by atoms with Crippen LogP contribution in [-0.2, 0) is 6.18 Å². The standard InChI is InChI=1S/C14H9BrClF3N2O/c15-10-3-1-2-4-12(10)21-13(22)20-11-6-5-8(16)7-9(11)14(17,18)19/h1-7H,(H2,20,21,22). The van der Waals surface area contributed by atoms with E-state index >= 15 is 0 Å². The summed E-state index contributed by atoms with van der Waals surface area (Å²) < 4.78 is 39.4. The van der Waals surface area contributed by atoms with Gasteiger partial charge < -0.3 is 10.6 Å². The lowest BCUT2D eigenvalue weighted by Crippen LogP contribution is -2.22. The first-order chi connectivity index (χ1) is 10.3. The Bertz CT molecular complexity index is 707. The number of nitrogens with one attached hydrogen (secondary N) is 2. The summed E-state index contributed by atoms with van der Waals surface area (Å²) in [6.07, 6.45) is -4.62. The molecular formula is C14H9BrClF3N2O. The molecule has 0 atom stereocenters. The number of para-hydroxylation sites is 1. The average Bonchev–Trinajstić information content (AvgIpc) is 2.42. The van der Waals surface area contributed by atoms with Crippen LogP contribution in [0.3, 0.4) is 0 Å². The molecule has 0 unspecified atom stereocenters. The van der Waals surface area contributed by atoms with Gasteiger partial charge in [0.05, 0.1) is 16.9 Å². The highest BCUT2D eigenvalue weighted by molar-refractivity contribution is 9.10. The third-order valence-corrected chi connectivity index (χ3v) is 3.58. The van der Waals surface area contributed by atoms with Gasteiger partial charge in [-0.15, -0.1) is 0 Å². The summed E-state index contributed by atoms with van der Waals surface area (Å²) >= 11 is 8.80. The number of alkyl halides is 3. The minimum Gasteiger partial charge on any atom is -0.307 e. The maximum atomic E-state index is 12.9. The van der Waals surface area contributed by atoms with Crippen LogP contribution in [0.15, 0.2) is 46.9 Å². The number of amides is 2.